The molecule has 0 bridgehead atoms. The maximum Gasteiger partial charge on any atom is 0.247 e. The van der Waals surface area contributed by atoms with Gasteiger partial charge in [0.15, 0.2) is 0 Å². The Bertz CT molecular complexity index is 337. The highest BCUT2D eigenvalue weighted by molar-refractivity contribution is 5.81. The van der Waals surface area contributed by atoms with E-state index in [4.69, 9.17) is 4.84 Å². The SMILES string of the molecule is CCONC(=O)C1CC1c1ccccc1. The second-order valence-electron chi connectivity index (χ2n) is 3.76. The van der Waals surface area contributed by atoms with Crippen molar-refractivity contribution in [2.24, 2.45) is 5.92 Å². The number of carbonyl (C=O) groups excluding carboxylic acids is 1. The third kappa shape index (κ3) is 2.36. The molecule has 0 radical (unpaired) electrons. The molecule has 1 aromatic rings. The molecule has 3 nitrogen and oxygen atoms in total. The van der Waals surface area contributed by atoms with Gasteiger partial charge in [-0.1, -0.05) is 30.3 Å². The van der Waals surface area contributed by atoms with Crippen molar-refractivity contribution in [3.8, 4) is 0 Å². The monoisotopic (exact) mass is 205 g/mol. The van der Waals surface area contributed by atoms with Gasteiger partial charge >= 0.3 is 0 Å². The first kappa shape index (κ1) is 10.2. The molecule has 1 aliphatic rings. The first-order chi connectivity index (χ1) is 7.33. The van der Waals surface area contributed by atoms with E-state index < -0.39 is 0 Å². The van der Waals surface area contributed by atoms with Gasteiger partial charge in [0, 0.05) is 5.92 Å². The van der Waals surface area contributed by atoms with E-state index in [2.05, 4.69) is 17.6 Å². The van der Waals surface area contributed by atoms with Gasteiger partial charge in [-0.05, 0) is 24.8 Å². The third-order valence-corrected chi connectivity index (χ3v) is 2.67. The van der Waals surface area contributed by atoms with E-state index in [9.17, 15) is 4.79 Å². The van der Waals surface area contributed by atoms with Crippen LogP contribution in [0.3, 0.4) is 0 Å². The molecule has 1 aliphatic carbocycles. The Labute approximate surface area is 89.4 Å². The highest BCUT2D eigenvalue weighted by Gasteiger charge is 2.43. The van der Waals surface area contributed by atoms with Gasteiger partial charge in [-0.3, -0.25) is 9.63 Å². The van der Waals surface area contributed by atoms with Crippen molar-refractivity contribution in [1.82, 2.24) is 5.48 Å². The van der Waals surface area contributed by atoms with Gasteiger partial charge in [-0.25, -0.2) is 5.48 Å². The molecule has 2 atom stereocenters. The molecular weight excluding hydrogens is 190 g/mol. The van der Waals surface area contributed by atoms with Crippen molar-refractivity contribution in [2.75, 3.05) is 6.61 Å². The molecule has 1 N–H and O–H groups in total. The molecule has 3 heteroatoms. The van der Waals surface area contributed by atoms with Crippen LogP contribution in [0.1, 0.15) is 24.8 Å². The normalized spacial score (nSPS) is 23.5. The standard InChI is InChI=1S/C12H15NO2/c1-2-15-13-12(14)11-8-10(11)9-6-4-3-5-7-9/h3-7,10-11H,2,8H2,1H3,(H,13,14). The topological polar surface area (TPSA) is 38.3 Å². The van der Waals surface area contributed by atoms with Gasteiger partial charge in [0.25, 0.3) is 0 Å². The van der Waals surface area contributed by atoms with Gasteiger partial charge < -0.3 is 0 Å². The lowest BCUT2D eigenvalue weighted by Crippen LogP contribution is -2.25. The van der Waals surface area contributed by atoms with Crippen molar-refractivity contribution < 1.29 is 9.63 Å². The van der Waals surface area contributed by atoms with Crippen LogP contribution in [0.4, 0.5) is 0 Å². The molecule has 0 saturated heterocycles. The number of amides is 1. The molecular formula is C12H15NO2. The van der Waals surface area contributed by atoms with Crippen molar-refractivity contribution in [1.29, 1.82) is 0 Å². The van der Waals surface area contributed by atoms with Crippen LogP contribution in [0.5, 0.6) is 0 Å². The molecule has 1 saturated carbocycles. The Kier molecular flexibility index (Phi) is 3.02. The van der Waals surface area contributed by atoms with E-state index in [-0.39, 0.29) is 11.8 Å². The molecule has 1 amide bonds. The molecule has 0 aromatic heterocycles. The van der Waals surface area contributed by atoms with Crippen LogP contribution in [0, 0.1) is 5.92 Å². The first-order valence-electron chi connectivity index (χ1n) is 5.29. The molecule has 2 rings (SSSR count). The summed E-state index contributed by atoms with van der Waals surface area (Å²) in [6.07, 6.45) is 0.933. The Morgan fingerprint density at radius 1 is 1.47 bits per heavy atom. The van der Waals surface area contributed by atoms with Gasteiger partial charge in [-0.2, -0.15) is 0 Å². The second-order valence-corrected chi connectivity index (χ2v) is 3.76. The molecule has 0 aliphatic heterocycles. The fourth-order valence-corrected chi connectivity index (χ4v) is 1.77. The minimum absolute atomic E-state index is 0.00528. The number of hydrogen-bond acceptors (Lipinski definition) is 2. The average molecular weight is 205 g/mol. The minimum atomic E-state index is 0.00528. The van der Waals surface area contributed by atoms with Crippen molar-refractivity contribution in [2.45, 2.75) is 19.3 Å². The van der Waals surface area contributed by atoms with Crippen LogP contribution < -0.4 is 5.48 Å². The number of hydrogen-bond donors (Lipinski definition) is 1. The zero-order valence-corrected chi connectivity index (χ0v) is 8.77. The summed E-state index contributed by atoms with van der Waals surface area (Å²) in [5.41, 5.74) is 3.70. The zero-order valence-electron chi connectivity index (χ0n) is 8.77. The quantitative estimate of drug-likeness (QED) is 0.762. The number of nitrogens with one attached hydrogen (secondary N) is 1. The molecule has 2 unspecified atom stereocenters. The van der Waals surface area contributed by atoms with Crippen LogP contribution in [-0.4, -0.2) is 12.5 Å². The van der Waals surface area contributed by atoms with Crippen LogP contribution >= 0.6 is 0 Å². The van der Waals surface area contributed by atoms with Crippen molar-refractivity contribution in [3.05, 3.63) is 35.9 Å². The number of benzene rings is 1. The zero-order chi connectivity index (χ0) is 10.7. The lowest BCUT2D eigenvalue weighted by Gasteiger charge is -2.02. The van der Waals surface area contributed by atoms with Gasteiger partial charge in [-0.15, -0.1) is 0 Å². The van der Waals surface area contributed by atoms with E-state index in [0.717, 1.165) is 6.42 Å². The minimum Gasteiger partial charge on any atom is -0.274 e. The highest BCUT2D eigenvalue weighted by Crippen LogP contribution is 2.47. The van der Waals surface area contributed by atoms with E-state index in [0.29, 0.717) is 12.5 Å². The molecule has 80 valence electrons. The fourth-order valence-electron chi connectivity index (χ4n) is 1.77. The maximum absolute atomic E-state index is 11.5. The number of rotatable bonds is 4. The summed E-state index contributed by atoms with van der Waals surface area (Å²) in [5, 5.41) is 0. The van der Waals surface area contributed by atoms with E-state index in [1.165, 1.54) is 5.56 Å². The predicted octanol–water partition coefficient (Wildman–Crippen LogP) is 1.86. The summed E-state index contributed by atoms with van der Waals surface area (Å²) in [6, 6.07) is 10.1. The highest BCUT2D eigenvalue weighted by atomic mass is 16.6. The predicted molar refractivity (Wildman–Crippen MR) is 57.1 cm³/mol. The molecule has 1 fully saturated rings. The fraction of sp³-hybridized carbons (Fsp3) is 0.417. The molecule has 0 heterocycles. The van der Waals surface area contributed by atoms with Gasteiger partial charge in [0.2, 0.25) is 5.91 Å². The lowest BCUT2D eigenvalue weighted by molar-refractivity contribution is -0.134. The van der Waals surface area contributed by atoms with Crippen LogP contribution in [0.15, 0.2) is 30.3 Å². The number of hydroxylamine groups is 1. The Morgan fingerprint density at radius 3 is 2.87 bits per heavy atom. The summed E-state index contributed by atoms with van der Waals surface area (Å²) in [6.45, 7) is 2.36. The summed E-state index contributed by atoms with van der Waals surface area (Å²) in [7, 11) is 0. The maximum atomic E-state index is 11.5. The summed E-state index contributed by atoms with van der Waals surface area (Å²) >= 11 is 0. The van der Waals surface area contributed by atoms with E-state index >= 15 is 0 Å². The summed E-state index contributed by atoms with van der Waals surface area (Å²) < 4.78 is 0. The Morgan fingerprint density at radius 2 is 2.20 bits per heavy atom. The first-order valence-corrected chi connectivity index (χ1v) is 5.29. The molecule has 1 aromatic carbocycles. The largest absolute Gasteiger partial charge is 0.274 e. The lowest BCUT2D eigenvalue weighted by atomic mass is 10.1. The summed E-state index contributed by atoms with van der Waals surface area (Å²) in [4.78, 5) is 16.4. The number of carbonyl (C=O) groups is 1. The van der Waals surface area contributed by atoms with E-state index in [1.54, 1.807) is 0 Å². The molecule has 15 heavy (non-hydrogen) atoms. The van der Waals surface area contributed by atoms with Crippen LogP contribution in [0.2, 0.25) is 0 Å². The summed E-state index contributed by atoms with van der Waals surface area (Å²) in [5.74, 6) is 0.483. The van der Waals surface area contributed by atoms with Gasteiger partial charge in [0.05, 0.1) is 6.61 Å². The Balaban J connectivity index is 1.88. The average Bonchev–Trinajstić information content (AvgIpc) is 3.07. The second kappa shape index (κ2) is 4.45. The van der Waals surface area contributed by atoms with E-state index in [1.807, 2.05) is 25.1 Å². The van der Waals surface area contributed by atoms with Crippen LogP contribution in [0.25, 0.3) is 0 Å². The third-order valence-electron chi connectivity index (χ3n) is 2.67. The van der Waals surface area contributed by atoms with Crippen molar-refractivity contribution >= 4 is 5.91 Å². The van der Waals surface area contributed by atoms with Gasteiger partial charge in [0.1, 0.15) is 0 Å². The smallest absolute Gasteiger partial charge is 0.247 e. The van der Waals surface area contributed by atoms with Crippen LogP contribution in [-0.2, 0) is 9.63 Å². The Hall–Kier alpha value is -1.35. The molecule has 0 spiro atoms. The van der Waals surface area contributed by atoms with Crippen molar-refractivity contribution in [3.63, 3.8) is 0 Å².